The molecule has 5 nitrogen and oxygen atoms in total. The number of aryl methyl sites for hydroxylation is 1. The number of nitrogens with zero attached hydrogens (tertiary/aromatic N) is 2. The first-order chi connectivity index (χ1) is 8.13. The van der Waals surface area contributed by atoms with Crippen molar-refractivity contribution in [3.63, 3.8) is 0 Å². The minimum Gasteiger partial charge on any atom is -0.399 e. The van der Waals surface area contributed by atoms with Gasteiger partial charge in [-0.15, -0.1) is 0 Å². The van der Waals surface area contributed by atoms with Crippen LogP contribution in [0.2, 0.25) is 0 Å². The van der Waals surface area contributed by atoms with Crippen molar-refractivity contribution in [3.8, 4) is 0 Å². The summed E-state index contributed by atoms with van der Waals surface area (Å²) in [5.74, 6) is 0.653. The molecule has 0 amide bonds. The lowest BCUT2D eigenvalue weighted by Crippen LogP contribution is -2.24. The topological polar surface area (TPSA) is 81.1 Å². The molecule has 1 aromatic heterocycles. The highest BCUT2D eigenvalue weighted by Gasteiger charge is 2.07. The predicted molar refractivity (Wildman–Crippen MR) is 66.9 cm³/mol. The average molecular weight is 233 g/mol. The summed E-state index contributed by atoms with van der Waals surface area (Å²) in [7, 11) is 0. The lowest BCUT2D eigenvalue weighted by molar-refractivity contribution is 0.278. The number of nitrogens with two attached hydrogens (primary N) is 1. The molecule has 2 rings (SSSR count). The summed E-state index contributed by atoms with van der Waals surface area (Å²) in [5.41, 5.74) is 6.77. The highest BCUT2D eigenvalue weighted by Crippen LogP contribution is 2.12. The maximum atomic E-state index is 12.2. The van der Waals surface area contributed by atoms with Gasteiger partial charge in [0.15, 0.2) is 0 Å². The van der Waals surface area contributed by atoms with Gasteiger partial charge >= 0.3 is 0 Å². The second-order valence-corrected chi connectivity index (χ2v) is 3.97. The second-order valence-electron chi connectivity index (χ2n) is 3.97. The molecule has 0 aliphatic rings. The van der Waals surface area contributed by atoms with Crippen molar-refractivity contribution in [2.24, 2.45) is 0 Å². The number of aliphatic hydroxyl groups excluding tert-OH is 1. The molecule has 1 heterocycles. The molecule has 0 atom stereocenters. The van der Waals surface area contributed by atoms with Crippen molar-refractivity contribution in [1.29, 1.82) is 0 Å². The zero-order valence-corrected chi connectivity index (χ0v) is 9.68. The van der Waals surface area contributed by atoms with E-state index in [0.717, 1.165) is 0 Å². The molecule has 0 radical (unpaired) electrons. The SMILES string of the molecule is Cc1nc2ccc(N)cc2c(=O)n1CCCO. The van der Waals surface area contributed by atoms with Gasteiger partial charge in [0.1, 0.15) is 5.82 Å². The molecular weight excluding hydrogens is 218 g/mol. The molecule has 0 spiro atoms. The summed E-state index contributed by atoms with van der Waals surface area (Å²) in [6.45, 7) is 2.31. The maximum absolute atomic E-state index is 12.2. The van der Waals surface area contributed by atoms with Gasteiger partial charge in [-0.1, -0.05) is 0 Å². The van der Waals surface area contributed by atoms with Crippen molar-refractivity contribution in [1.82, 2.24) is 9.55 Å². The largest absolute Gasteiger partial charge is 0.399 e. The molecule has 0 saturated heterocycles. The van der Waals surface area contributed by atoms with E-state index in [9.17, 15) is 4.79 Å². The Labute approximate surface area is 98.5 Å². The number of fused-ring (bicyclic) bond motifs is 1. The third-order valence-corrected chi connectivity index (χ3v) is 2.71. The lowest BCUT2D eigenvalue weighted by Gasteiger charge is -2.10. The van der Waals surface area contributed by atoms with E-state index in [4.69, 9.17) is 10.8 Å². The van der Waals surface area contributed by atoms with Crippen LogP contribution < -0.4 is 11.3 Å². The Hall–Kier alpha value is -1.88. The minimum atomic E-state index is -0.103. The van der Waals surface area contributed by atoms with Crippen LogP contribution in [-0.2, 0) is 6.54 Å². The molecule has 0 aliphatic heterocycles. The highest BCUT2D eigenvalue weighted by molar-refractivity contribution is 5.81. The van der Waals surface area contributed by atoms with E-state index < -0.39 is 0 Å². The third kappa shape index (κ3) is 2.14. The van der Waals surface area contributed by atoms with Gasteiger partial charge in [-0.05, 0) is 31.5 Å². The van der Waals surface area contributed by atoms with E-state index in [1.54, 1.807) is 29.7 Å². The monoisotopic (exact) mass is 233 g/mol. The van der Waals surface area contributed by atoms with Crippen LogP contribution in [0.5, 0.6) is 0 Å². The molecule has 0 bridgehead atoms. The summed E-state index contributed by atoms with van der Waals surface area (Å²) in [5, 5.41) is 9.33. The number of benzene rings is 1. The number of anilines is 1. The molecule has 0 fully saturated rings. The first-order valence-electron chi connectivity index (χ1n) is 5.51. The number of hydrogen-bond acceptors (Lipinski definition) is 4. The fourth-order valence-electron chi connectivity index (χ4n) is 1.84. The Morgan fingerprint density at radius 1 is 1.47 bits per heavy atom. The van der Waals surface area contributed by atoms with E-state index in [0.29, 0.717) is 35.4 Å². The van der Waals surface area contributed by atoms with Gasteiger partial charge in [0.2, 0.25) is 0 Å². The molecule has 90 valence electrons. The zero-order valence-electron chi connectivity index (χ0n) is 9.68. The van der Waals surface area contributed by atoms with Crippen molar-refractivity contribution in [2.45, 2.75) is 19.9 Å². The molecule has 1 aromatic carbocycles. The molecule has 0 saturated carbocycles. The van der Waals surface area contributed by atoms with Crippen LogP contribution in [0.15, 0.2) is 23.0 Å². The maximum Gasteiger partial charge on any atom is 0.261 e. The number of hydrogen-bond donors (Lipinski definition) is 2. The molecule has 3 N–H and O–H groups in total. The van der Waals surface area contributed by atoms with Gasteiger partial charge in [0.25, 0.3) is 5.56 Å². The van der Waals surface area contributed by atoms with Crippen molar-refractivity contribution in [3.05, 3.63) is 34.4 Å². The summed E-state index contributed by atoms with van der Waals surface area (Å²) in [4.78, 5) is 16.5. The Morgan fingerprint density at radius 2 is 2.24 bits per heavy atom. The fourth-order valence-corrected chi connectivity index (χ4v) is 1.84. The Kier molecular flexibility index (Phi) is 3.10. The summed E-state index contributed by atoms with van der Waals surface area (Å²) >= 11 is 0. The third-order valence-electron chi connectivity index (χ3n) is 2.71. The summed E-state index contributed by atoms with van der Waals surface area (Å²) < 4.78 is 1.57. The number of nitrogen functional groups attached to an aromatic ring is 1. The first-order valence-corrected chi connectivity index (χ1v) is 5.51. The van der Waals surface area contributed by atoms with Crippen LogP contribution in [0.25, 0.3) is 10.9 Å². The van der Waals surface area contributed by atoms with Crippen LogP contribution in [-0.4, -0.2) is 21.3 Å². The molecule has 0 unspecified atom stereocenters. The van der Waals surface area contributed by atoms with Crippen LogP contribution in [0.4, 0.5) is 5.69 Å². The van der Waals surface area contributed by atoms with Gasteiger partial charge in [0.05, 0.1) is 10.9 Å². The second kappa shape index (κ2) is 4.55. The van der Waals surface area contributed by atoms with E-state index in [-0.39, 0.29) is 12.2 Å². The van der Waals surface area contributed by atoms with Gasteiger partial charge in [-0.3, -0.25) is 9.36 Å². The van der Waals surface area contributed by atoms with Crippen molar-refractivity contribution >= 4 is 16.6 Å². The predicted octanol–water partition coefficient (Wildman–Crippen LogP) is 0.670. The summed E-state index contributed by atoms with van der Waals surface area (Å²) in [6, 6.07) is 5.11. The van der Waals surface area contributed by atoms with Crippen molar-refractivity contribution < 1.29 is 5.11 Å². The molecule has 5 heteroatoms. The van der Waals surface area contributed by atoms with Crippen LogP contribution in [0.1, 0.15) is 12.2 Å². The van der Waals surface area contributed by atoms with Crippen LogP contribution in [0, 0.1) is 6.92 Å². The smallest absolute Gasteiger partial charge is 0.261 e. The summed E-state index contributed by atoms with van der Waals surface area (Å²) in [6.07, 6.45) is 0.538. The molecular formula is C12H15N3O2. The quantitative estimate of drug-likeness (QED) is 0.763. The number of aromatic nitrogens is 2. The minimum absolute atomic E-state index is 0.0564. The molecule has 17 heavy (non-hydrogen) atoms. The van der Waals surface area contributed by atoms with E-state index in [2.05, 4.69) is 4.98 Å². The van der Waals surface area contributed by atoms with Crippen LogP contribution in [0.3, 0.4) is 0 Å². The Balaban J connectivity index is 2.65. The standard InChI is InChI=1S/C12H15N3O2/c1-8-14-11-4-3-9(13)7-10(11)12(17)15(8)5-2-6-16/h3-4,7,16H,2,5-6,13H2,1H3. The van der Waals surface area contributed by atoms with E-state index in [1.807, 2.05) is 0 Å². The number of rotatable bonds is 3. The van der Waals surface area contributed by atoms with E-state index in [1.165, 1.54) is 0 Å². The Bertz CT molecular complexity index is 604. The van der Waals surface area contributed by atoms with Crippen LogP contribution >= 0.6 is 0 Å². The zero-order chi connectivity index (χ0) is 12.4. The van der Waals surface area contributed by atoms with Gasteiger partial charge in [-0.25, -0.2) is 4.98 Å². The molecule has 0 aliphatic carbocycles. The first kappa shape index (κ1) is 11.6. The molecule has 2 aromatic rings. The van der Waals surface area contributed by atoms with E-state index >= 15 is 0 Å². The van der Waals surface area contributed by atoms with Gasteiger partial charge < -0.3 is 10.8 Å². The highest BCUT2D eigenvalue weighted by atomic mass is 16.3. The van der Waals surface area contributed by atoms with Crippen molar-refractivity contribution in [2.75, 3.05) is 12.3 Å². The van der Waals surface area contributed by atoms with Gasteiger partial charge in [-0.2, -0.15) is 0 Å². The lowest BCUT2D eigenvalue weighted by atomic mass is 10.2. The Morgan fingerprint density at radius 3 is 2.94 bits per heavy atom. The number of aliphatic hydroxyl groups is 1. The average Bonchev–Trinajstić information content (AvgIpc) is 2.30. The normalized spacial score (nSPS) is 10.9. The fraction of sp³-hybridized carbons (Fsp3) is 0.333. The van der Waals surface area contributed by atoms with Gasteiger partial charge in [0, 0.05) is 18.8 Å².